The van der Waals surface area contributed by atoms with E-state index in [1.165, 1.54) is 19.8 Å². The molecule has 0 atom stereocenters. The van der Waals surface area contributed by atoms with Gasteiger partial charge >= 0.3 is 0 Å². The summed E-state index contributed by atoms with van der Waals surface area (Å²) < 4.78 is 5.57. The SMILES string of the molecule is CC(=O)c1oc2ccccc2c1NC(=O)CC1CCCC1. The number of hydrogen-bond acceptors (Lipinski definition) is 3. The zero-order chi connectivity index (χ0) is 14.8. The predicted molar refractivity (Wildman–Crippen MR) is 81.4 cm³/mol. The molecule has 0 unspecified atom stereocenters. The van der Waals surface area contributed by atoms with Gasteiger partial charge in [0.05, 0.1) is 5.69 Å². The molecule has 1 aromatic carbocycles. The van der Waals surface area contributed by atoms with Crippen molar-refractivity contribution in [1.82, 2.24) is 0 Å². The highest BCUT2D eigenvalue weighted by Crippen LogP contribution is 2.32. The molecule has 0 spiro atoms. The van der Waals surface area contributed by atoms with Crippen LogP contribution in [0.2, 0.25) is 0 Å². The first-order valence-corrected chi connectivity index (χ1v) is 7.47. The maximum atomic E-state index is 12.2. The fourth-order valence-electron chi connectivity index (χ4n) is 3.08. The van der Waals surface area contributed by atoms with Crippen LogP contribution in [0.1, 0.15) is 49.6 Å². The normalized spacial score (nSPS) is 15.5. The Bertz CT molecular complexity index is 680. The molecule has 3 rings (SSSR count). The van der Waals surface area contributed by atoms with Crippen LogP contribution in [0.3, 0.4) is 0 Å². The summed E-state index contributed by atoms with van der Waals surface area (Å²) in [6.45, 7) is 1.45. The Kier molecular flexibility index (Phi) is 3.78. The first-order chi connectivity index (χ1) is 10.1. The molecule has 110 valence electrons. The third-order valence-electron chi connectivity index (χ3n) is 4.13. The number of fused-ring (bicyclic) bond motifs is 1. The van der Waals surface area contributed by atoms with Gasteiger partial charge in [-0.3, -0.25) is 9.59 Å². The van der Waals surface area contributed by atoms with Crippen molar-refractivity contribution in [3.63, 3.8) is 0 Å². The third kappa shape index (κ3) is 2.84. The van der Waals surface area contributed by atoms with Gasteiger partial charge in [0.2, 0.25) is 5.91 Å². The highest BCUT2D eigenvalue weighted by molar-refractivity contribution is 6.10. The van der Waals surface area contributed by atoms with Crippen LogP contribution in [0.15, 0.2) is 28.7 Å². The summed E-state index contributed by atoms with van der Waals surface area (Å²) in [4.78, 5) is 23.9. The number of hydrogen-bond donors (Lipinski definition) is 1. The fraction of sp³-hybridized carbons (Fsp3) is 0.412. The standard InChI is InChI=1S/C17H19NO3/c1-11(19)17-16(13-8-4-5-9-14(13)21-17)18-15(20)10-12-6-2-3-7-12/h4-5,8-9,12H,2-3,6-7,10H2,1H3,(H,18,20). The topological polar surface area (TPSA) is 59.3 Å². The molecule has 1 aliphatic rings. The Labute approximate surface area is 123 Å². The van der Waals surface area contributed by atoms with Gasteiger partial charge in [-0.25, -0.2) is 0 Å². The molecule has 1 heterocycles. The van der Waals surface area contributed by atoms with Crippen molar-refractivity contribution in [1.29, 1.82) is 0 Å². The number of carbonyl (C=O) groups excluding carboxylic acids is 2. The van der Waals surface area contributed by atoms with E-state index in [1.54, 1.807) is 6.07 Å². The molecule has 4 heteroatoms. The molecular weight excluding hydrogens is 266 g/mol. The number of furan rings is 1. The number of benzene rings is 1. The van der Waals surface area contributed by atoms with Crippen molar-refractivity contribution in [2.24, 2.45) is 5.92 Å². The minimum Gasteiger partial charge on any atom is -0.451 e. The lowest BCUT2D eigenvalue weighted by atomic mass is 10.0. The first kappa shape index (κ1) is 13.9. The summed E-state index contributed by atoms with van der Waals surface area (Å²) in [5.41, 5.74) is 1.14. The fourth-order valence-corrected chi connectivity index (χ4v) is 3.08. The summed E-state index contributed by atoms with van der Waals surface area (Å²) in [7, 11) is 0. The number of anilines is 1. The van der Waals surface area contributed by atoms with Crippen molar-refractivity contribution in [2.45, 2.75) is 39.0 Å². The average molecular weight is 285 g/mol. The van der Waals surface area contributed by atoms with E-state index in [-0.39, 0.29) is 17.5 Å². The van der Waals surface area contributed by atoms with E-state index in [1.807, 2.05) is 18.2 Å². The van der Waals surface area contributed by atoms with E-state index in [9.17, 15) is 9.59 Å². The van der Waals surface area contributed by atoms with Gasteiger partial charge in [-0.1, -0.05) is 25.0 Å². The van der Waals surface area contributed by atoms with Gasteiger partial charge in [0.15, 0.2) is 11.5 Å². The monoisotopic (exact) mass is 285 g/mol. The van der Waals surface area contributed by atoms with Crippen LogP contribution < -0.4 is 5.32 Å². The quantitative estimate of drug-likeness (QED) is 0.858. The molecule has 4 nitrogen and oxygen atoms in total. The van der Waals surface area contributed by atoms with Gasteiger partial charge in [-0.05, 0) is 30.9 Å². The largest absolute Gasteiger partial charge is 0.451 e. The first-order valence-electron chi connectivity index (χ1n) is 7.47. The Morgan fingerprint density at radius 3 is 2.67 bits per heavy atom. The number of ketones is 1. The maximum Gasteiger partial charge on any atom is 0.224 e. The third-order valence-corrected chi connectivity index (χ3v) is 4.13. The Hall–Kier alpha value is -2.10. The predicted octanol–water partition coefficient (Wildman–Crippen LogP) is 4.15. The van der Waals surface area contributed by atoms with Gasteiger partial charge < -0.3 is 9.73 Å². The lowest BCUT2D eigenvalue weighted by Crippen LogP contribution is -2.16. The van der Waals surface area contributed by atoms with Crippen LogP contribution in [0.5, 0.6) is 0 Å². The van der Waals surface area contributed by atoms with Crippen LogP contribution in [0, 0.1) is 5.92 Å². The van der Waals surface area contributed by atoms with Crippen LogP contribution >= 0.6 is 0 Å². The molecule has 0 radical (unpaired) electrons. The number of Topliss-reactive ketones (excluding diaryl/α,β-unsaturated/α-hetero) is 1. The second-order valence-corrected chi connectivity index (χ2v) is 5.76. The molecule has 1 fully saturated rings. The zero-order valence-corrected chi connectivity index (χ0v) is 12.1. The van der Waals surface area contributed by atoms with E-state index in [4.69, 9.17) is 4.42 Å². The van der Waals surface area contributed by atoms with Crippen molar-refractivity contribution in [3.8, 4) is 0 Å². The van der Waals surface area contributed by atoms with Gasteiger partial charge in [0.25, 0.3) is 0 Å². The van der Waals surface area contributed by atoms with Gasteiger partial charge in [0.1, 0.15) is 5.58 Å². The number of amides is 1. The van der Waals surface area contributed by atoms with Crippen LogP contribution in [0.4, 0.5) is 5.69 Å². The summed E-state index contributed by atoms with van der Waals surface area (Å²) in [6, 6.07) is 7.37. The lowest BCUT2D eigenvalue weighted by molar-refractivity contribution is -0.117. The van der Waals surface area contributed by atoms with Gasteiger partial charge in [0, 0.05) is 18.7 Å². The van der Waals surface area contributed by atoms with E-state index < -0.39 is 0 Å². The minimum atomic E-state index is -0.178. The van der Waals surface area contributed by atoms with E-state index in [0.29, 0.717) is 23.6 Å². The van der Waals surface area contributed by atoms with Gasteiger partial charge in [-0.15, -0.1) is 0 Å². The average Bonchev–Trinajstić information content (AvgIpc) is 3.07. The summed E-state index contributed by atoms with van der Waals surface area (Å²) in [5.74, 6) is 0.498. The number of carbonyl (C=O) groups is 2. The summed E-state index contributed by atoms with van der Waals surface area (Å²) in [6.07, 6.45) is 5.20. The molecule has 0 aliphatic heterocycles. The van der Waals surface area contributed by atoms with Gasteiger partial charge in [-0.2, -0.15) is 0 Å². The van der Waals surface area contributed by atoms with Crippen molar-refractivity contribution in [2.75, 3.05) is 5.32 Å². The van der Waals surface area contributed by atoms with Crippen LogP contribution in [-0.4, -0.2) is 11.7 Å². The van der Waals surface area contributed by atoms with E-state index in [0.717, 1.165) is 18.2 Å². The molecule has 21 heavy (non-hydrogen) atoms. The summed E-state index contributed by atoms with van der Waals surface area (Å²) >= 11 is 0. The molecule has 1 aromatic heterocycles. The van der Waals surface area contributed by atoms with Crippen LogP contribution in [-0.2, 0) is 4.79 Å². The van der Waals surface area contributed by atoms with Crippen molar-refractivity contribution in [3.05, 3.63) is 30.0 Å². The molecule has 1 amide bonds. The molecule has 1 saturated carbocycles. The zero-order valence-electron chi connectivity index (χ0n) is 12.1. The molecule has 0 bridgehead atoms. The van der Waals surface area contributed by atoms with E-state index >= 15 is 0 Å². The van der Waals surface area contributed by atoms with Crippen LogP contribution in [0.25, 0.3) is 11.0 Å². The number of nitrogens with one attached hydrogen (secondary N) is 1. The lowest BCUT2D eigenvalue weighted by Gasteiger charge is -2.09. The molecule has 0 saturated heterocycles. The second kappa shape index (κ2) is 5.72. The number of para-hydroxylation sites is 1. The Morgan fingerprint density at radius 2 is 1.95 bits per heavy atom. The molecule has 2 aromatic rings. The Morgan fingerprint density at radius 1 is 1.24 bits per heavy atom. The second-order valence-electron chi connectivity index (χ2n) is 5.76. The van der Waals surface area contributed by atoms with Crippen molar-refractivity contribution >= 4 is 28.3 Å². The molecule has 1 N–H and O–H groups in total. The highest BCUT2D eigenvalue weighted by atomic mass is 16.3. The smallest absolute Gasteiger partial charge is 0.224 e. The molecule has 1 aliphatic carbocycles. The number of rotatable bonds is 4. The summed E-state index contributed by atoms with van der Waals surface area (Å²) in [5, 5.41) is 3.67. The Balaban J connectivity index is 1.86. The minimum absolute atomic E-state index is 0.0315. The van der Waals surface area contributed by atoms with E-state index in [2.05, 4.69) is 5.32 Å². The van der Waals surface area contributed by atoms with Crippen molar-refractivity contribution < 1.29 is 14.0 Å². The highest BCUT2D eigenvalue weighted by Gasteiger charge is 2.22. The molecular formula is C17H19NO3. The maximum absolute atomic E-state index is 12.2.